The lowest BCUT2D eigenvalue weighted by atomic mass is 10.2. The minimum absolute atomic E-state index is 0.204. The topological polar surface area (TPSA) is 67.8 Å². The third-order valence-electron chi connectivity index (χ3n) is 2.34. The molecule has 0 spiro atoms. The summed E-state index contributed by atoms with van der Waals surface area (Å²) < 4.78 is 0.886. The Kier molecular flexibility index (Phi) is 4.60. The van der Waals surface area contributed by atoms with Crippen LogP contribution in [0.1, 0.15) is 40.1 Å². The second-order valence-electron chi connectivity index (χ2n) is 4.29. The molecule has 2 aromatic rings. The molecule has 0 aliphatic carbocycles. The molecule has 0 aliphatic rings. The Hall–Kier alpha value is -1.34. The normalized spacial score (nSPS) is 10.7. The van der Waals surface area contributed by atoms with Crippen molar-refractivity contribution in [1.29, 1.82) is 0 Å². The highest BCUT2D eigenvalue weighted by atomic mass is 79.9. The maximum atomic E-state index is 11.9. The van der Waals surface area contributed by atoms with Crippen molar-refractivity contribution in [1.82, 2.24) is 20.5 Å². The van der Waals surface area contributed by atoms with Crippen LogP contribution in [0.4, 0.5) is 0 Å². The molecule has 19 heavy (non-hydrogen) atoms. The number of aromatic nitrogens is 3. The number of rotatable bonds is 4. The van der Waals surface area contributed by atoms with Gasteiger partial charge in [0.15, 0.2) is 0 Å². The summed E-state index contributed by atoms with van der Waals surface area (Å²) in [5.41, 5.74) is 0.927. The Balaban J connectivity index is 1.97. The molecule has 0 aliphatic heterocycles. The minimum Gasteiger partial charge on any atom is -0.346 e. The third-order valence-corrected chi connectivity index (χ3v) is 4.00. The molecule has 0 aromatic carbocycles. The van der Waals surface area contributed by atoms with Crippen LogP contribution in [0, 0.1) is 0 Å². The van der Waals surface area contributed by atoms with E-state index in [1.54, 1.807) is 12.4 Å². The molecule has 5 nitrogen and oxygen atoms in total. The number of carbonyl (C=O) groups is 1. The predicted molar refractivity (Wildman–Crippen MR) is 77.1 cm³/mol. The molecule has 2 aromatic heterocycles. The van der Waals surface area contributed by atoms with Gasteiger partial charge in [0.05, 0.1) is 0 Å². The summed E-state index contributed by atoms with van der Waals surface area (Å²) >= 11 is 4.67. The number of halogens is 1. The number of nitrogens with zero attached hydrogens (tertiary/aromatic N) is 3. The molecule has 0 fully saturated rings. The van der Waals surface area contributed by atoms with Crippen LogP contribution >= 0.6 is 27.3 Å². The van der Waals surface area contributed by atoms with Crippen LogP contribution < -0.4 is 5.32 Å². The zero-order valence-corrected chi connectivity index (χ0v) is 13.0. The molecule has 0 saturated heterocycles. The standard InChI is InChI=1S/C12H13BrN4OS/c1-7(2)11-16-17-12(19-11)10(18)15-5-8-3-9(13)6-14-4-8/h3-4,6-7H,5H2,1-2H3,(H,15,18). The molecule has 2 heterocycles. The fourth-order valence-electron chi connectivity index (χ4n) is 1.37. The second-order valence-corrected chi connectivity index (χ2v) is 6.22. The first-order valence-corrected chi connectivity index (χ1v) is 7.38. The van der Waals surface area contributed by atoms with Gasteiger partial charge in [-0.1, -0.05) is 25.2 Å². The smallest absolute Gasteiger partial charge is 0.282 e. The van der Waals surface area contributed by atoms with Crippen LogP contribution in [0.5, 0.6) is 0 Å². The summed E-state index contributed by atoms with van der Waals surface area (Å²) in [6.45, 7) is 4.46. The van der Waals surface area contributed by atoms with Gasteiger partial charge in [0.1, 0.15) is 5.01 Å². The lowest BCUT2D eigenvalue weighted by molar-refractivity contribution is 0.0950. The van der Waals surface area contributed by atoms with Gasteiger partial charge < -0.3 is 5.32 Å². The van der Waals surface area contributed by atoms with E-state index < -0.39 is 0 Å². The first kappa shape index (κ1) is 14.1. The average Bonchev–Trinajstić information content (AvgIpc) is 2.86. The number of pyridine rings is 1. The summed E-state index contributed by atoms with van der Waals surface area (Å²) in [4.78, 5) is 15.9. The fourth-order valence-corrected chi connectivity index (χ4v) is 2.54. The van der Waals surface area contributed by atoms with Crippen molar-refractivity contribution in [2.45, 2.75) is 26.3 Å². The van der Waals surface area contributed by atoms with Crippen LogP contribution in [-0.4, -0.2) is 21.1 Å². The van der Waals surface area contributed by atoms with Crippen LogP contribution in [0.15, 0.2) is 22.9 Å². The van der Waals surface area contributed by atoms with Crippen molar-refractivity contribution in [3.63, 3.8) is 0 Å². The summed E-state index contributed by atoms with van der Waals surface area (Å²) in [5, 5.41) is 12.0. The maximum Gasteiger partial charge on any atom is 0.282 e. The van der Waals surface area contributed by atoms with Crippen molar-refractivity contribution < 1.29 is 4.79 Å². The van der Waals surface area contributed by atoms with Crippen molar-refractivity contribution in [3.8, 4) is 0 Å². The second kappa shape index (κ2) is 6.21. The first-order chi connectivity index (χ1) is 9.06. The Bertz CT molecular complexity index is 585. The Labute approximate surface area is 123 Å². The molecule has 7 heteroatoms. The Morgan fingerprint density at radius 3 is 2.84 bits per heavy atom. The summed E-state index contributed by atoms with van der Waals surface area (Å²) in [5.74, 6) is 0.0812. The van der Waals surface area contributed by atoms with Gasteiger partial charge in [-0.2, -0.15) is 0 Å². The van der Waals surface area contributed by atoms with E-state index in [1.165, 1.54) is 11.3 Å². The molecule has 1 amide bonds. The third kappa shape index (κ3) is 3.81. The molecular weight excluding hydrogens is 328 g/mol. The molecule has 0 radical (unpaired) electrons. The van der Waals surface area contributed by atoms with Crippen LogP contribution in [-0.2, 0) is 6.54 Å². The largest absolute Gasteiger partial charge is 0.346 e. The number of amides is 1. The van der Waals surface area contributed by atoms with E-state index in [0.29, 0.717) is 11.6 Å². The van der Waals surface area contributed by atoms with Gasteiger partial charge in [0.2, 0.25) is 5.01 Å². The average molecular weight is 341 g/mol. The van der Waals surface area contributed by atoms with E-state index in [2.05, 4.69) is 36.4 Å². The van der Waals surface area contributed by atoms with Gasteiger partial charge >= 0.3 is 0 Å². The summed E-state index contributed by atoms with van der Waals surface area (Å²) in [7, 11) is 0. The molecule has 0 bridgehead atoms. The molecule has 2 rings (SSSR count). The van der Waals surface area contributed by atoms with Gasteiger partial charge in [0.25, 0.3) is 5.91 Å². The predicted octanol–water partition coefficient (Wildman–Crippen LogP) is 2.75. The SMILES string of the molecule is CC(C)c1nnc(C(=O)NCc2cncc(Br)c2)s1. The molecule has 1 N–H and O–H groups in total. The van der Waals surface area contributed by atoms with Gasteiger partial charge in [-0.15, -0.1) is 10.2 Å². The minimum atomic E-state index is -0.204. The lowest BCUT2D eigenvalue weighted by Gasteiger charge is -2.02. The van der Waals surface area contributed by atoms with E-state index in [1.807, 2.05) is 19.9 Å². The van der Waals surface area contributed by atoms with Crippen LogP contribution in [0.2, 0.25) is 0 Å². The van der Waals surface area contributed by atoms with Crippen molar-refractivity contribution in [2.24, 2.45) is 0 Å². The lowest BCUT2D eigenvalue weighted by Crippen LogP contribution is -2.22. The number of carbonyl (C=O) groups excluding carboxylic acids is 1. The molecular formula is C12H13BrN4OS. The summed E-state index contributed by atoms with van der Waals surface area (Å²) in [6, 6.07) is 1.91. The van der Waals surface area contributed by atoms with E-state index in [9.17, 15) is 4.79 Å². The zero-order valence-electron chi connectivity index (χ0n) is 10.6. The summed E-state index contributed by atoms with van der Waals surface area (Å²) in [6.07, 6.45) is 3.41. The van der Waals surface area contributed by atoms with Crippen LogP contribution in [0.3, 0.4) is 0 Å². The van der Waals surface area contributed by atoms with Crippen molar-refractivity contribution >= 4 is 33.2 Å². The zero-order chi connectivity index (χ0) is 13.8. The molecule has 0 unspecified atom stereocenters. The Morgan fingerprint density at radius 2 is 2.21 bits per heavy atom. The fraction of sp³-hybridized carbons (Fsp3) is 0.333. The van der Waals surface area contributed by atoms with Crippen LogP contribution in [0.25, 0.3) is 0 Å². The highest BCUT2D eigenvalue weighted by Gasteiger charge is 2.14. The molecule has 100 valence electrons. The van der Waals surface area contributed by atoms with Gasteiger partial charge in [-0.25, -0.2) is 0 Å². The van der Waals surface area contributed by atoms with Gasteiger partial charge in [-0.3, -0.25) is 9.78 Å². The number of nitrogens with one attached hydrogen (secondary N) is 1. The van der Waals surface area contributed by atoms with E-state index in [0.717, 1.165) is 15.0 Å². The number of hydrogen-bond donors (Lipinski definition) is 1. The number of hydrogen-bond acceptors (Lipinski definition) is 5. The Morgan fingerprint density at radius 1 is 1.42 bits per heavy atom. The molecule has 0 atom stereocenters. The van der Waals surface area contributed by atoms with Gasteiger partial charge in [-0.05, 0) is 27.6 Å². The van der Waals surface area contributed by atoms with E-state index in [4.69, 9.17) is 0 Å². The highest BCUT2D eigenvalue weighted by Crippen LogP contribution is 2.18. The maximum absolute atomic E-state index is 11.9. The van der Waals surface area contributed by atoms with E-state index >= 15 is 0 Å². The quantitative estimate of drug-likeness (QED) is 0.929. The monoisotopic (exact) mass is 340 g/mol. The first-order valence-electron chi connectivity index (χ1n) is 5.77. The molecule has 0 saturated carbocycles. The highest BCUT2D eigenvalue weighted by molar-refractivity contribution is 9.10. The van der Waals surface area contributed by atoms with Gasteiger partial charge in [0, 0.05) is 29.3 Å². The van der Waals surface area contributed by atoms with E-state index in [-0.39, 0.29) is 11.8 Å². The van der Waals surface area contributed by atoms with Crippen molar-refractivity contribution in [3.05, 3.63) is 38.5 Å². The van der Waals surface area contributed by atoms with Crippen molar-refractivity contribution in [2.75, 3.05) is 0 Å².